The summed E-state index contributed by atoms with van der Waals surface area (Å²) in [5.74, 6) is 1.77. The fraction of sp³-hybridized carbons (Fsp3) is 0.263. The molecule has 0 bridgehead atoms. The number of aryl methyl sites for hydroxylation is 1. The molecular formula is C19H19N5O2. The number of hydrogen-bond donors (Lipinski definition) is 0. The number of nitrogens with zero attached hydrogens (tertiary/aromatic N) is 5. The Labute approximate surface area is 151 Å². The third-order valence-electron chi connectivity index (χ3n) is 4.46. The Balaban J connectivity index is 1.47. The molecule has 0 N–H and O–H groups in total. The first kappa shape index (κ1) is 16.3. The zero-order chi connectivity index (χ0) is 17.9. The van der Waals surface area contributed by atoms with Crippen LogP contribution in [-0.2, 0) is 0 Å². The summed E-state index contributed by atoms with van der Waals surface area (Å²) in [6.45, 7) is 4.44. The van der Waals surface area contributed by atoms with E-state index in [1.165, 1.54) is 0 Å². The van der Waals surface area contributed by atoms with Crippen molar-refractivity contribution in [1.82, 2.24) is 19.9 Å². The second-order valence-electron chi connectivity index (χ2n) is 6.13. The van der Waals surface area contributed by atoms with Crippen LogP contribution in [0.5, 0.6) is 0 Å². The molecule has 7 heteroatoms. The van der Waals surface area contributed by atoms with Gasteiger partial charge < -0.3 is 14.2 Å². The van der Waals surface area contributed by atoms with E-state index in [-0.39, 0.29) is 5.91 Å². The molecule has 0 spiro atoms. The normalized spacial score (nSPS) is 14.5. The first-order valence-corrected chi connectivity index (χ1v) is 8.55. The molecule has 4 rings (SSSR count). The third-order valence-corrected chi connectivity index (χ3v) is 4.46. The lowest BCUT2D eigenvalue weighted by molar-refractivity contribution is 0.0739. The van der Waals surface area contributed by atoms with Crippen LogP contribution in [0.1, 0.15) is 16.2 Å². The van der Waals surface area contributed by atoms with Gasteiger partial charge in [-0.25, -0.2) is 9.97 Å². The Hall–Kier alpha value is -3.22. The fourth-order valence-corrected chi connectivity index (χ4v) is 3.04. The molecule has 1 aromatic carbocycles. The number of oxazole rings is 1. The van der Waals surface area contributed by atoms with E-state index in [1.54, 1.807) is 25.5 Å². The molecule has 0 saturated carbocycles. The number of anilines is 1. The van der Waals surface area contributed by atoms with Crippen molar-refractivity contribution >= 4 is 11.7 Å². The standard InChI is InChI=1S/C19H19N5O2/c1-14-17(22-18(26-14)15-5-3-2-4-6-15)19(25)24-11-9-23(10-12-24)16-13-20-7-8-21-16/h2-8,13H,9-12H2,1H3. The van der Waals surface area contributed by atoms with E-state index in [1.807, 2.05) is 35.2 Å². The van der Waals surface area contributed by atoms with Crippen LogP contribution in [0, 0.1) is 6.92 Å². The Morgan fingerprint density at radius 1 is 1.08 bits per heavy atom. The van der Waals surface area contributed by atoms with Gasteiger partial charge in [-0.2, -0.15) is 0 Å². The van der Waals surface area contributed by atoms with E-state index in [2.05, 4.69) is 19.9 Å². The Kier molecular flexibility index (Phi) is 4.35. The Bertz CT molecular complexity index is 887. The first-order chi connectivity index (χ1) is 12.7. The molecule has 0 radical (unpaired) electrons. The summed E-state index contributed by atoms with van der Waals surface area (Å²) in [7, 11) is 0. The molecule has 3 heterocycles. The molecule has 26 heavy (non-hydrogen) atoms. The smallest absolute Gasteiger partial charge is 0.276 e. The lowest BCUT2D eigenvalue weighted by atomic mass is 10.2. The quantitative estimate of drug-likeness (QED) is 0.723. The van der Waals surface area contributed by atoms with Crippen molar-refractivity contribution in [2.24, 2.45) is 0 Å². The van der Waals surface area contributed by atoms with E-state index >= 15 is 0 Å². The predicted octanol–water partition coefficient (Wildman–Crippen LogP) is 2.40. The number of benzene rings is 1. The molecule has 3 aromatic rings. The maximum atomic E-state index is 12.9. The molecule has 7 nitrogen and oxygen atoms in total. The minimum absolute atomic E-state index is 0.0905. The highest BCUT2D eigenvalue weighted by Gasteiger charge is 2.27. The summed E-state index contributed by atoms with van der Waals surface area (Å²) in [5, 5.41) is 0. The summed E-state index contributed by atoms with van der Waals surface area (Å²) in [6.07, 6.45) is 5.07. The van der Waals surface area contributed by atoms with Crippen molar-refractivity contribution in [1.29, 1.82) is 0 Å². The molecule has 132 valence electrons. The molecule has 0 atom stereocenters. The topological polar surface area (TPSA) is 75.4 Å². The average molecular weight is 349 g/mol. The fourth-order valence-electron chi connectivity index (χ4n) is 3.04. The van der Waals surface area contributed by atoms with Crippen molar-refractivity contribution in [2.45, 2.75) is 6.92 Å². The summed E-state index contributed by atoms with van der Waals surface area (Å²) < 4.78 is 5.72. The number of carbonyl (C=O) groups excluding carboxylic acids is 1. The van der Waals surface area contributed by atoms with Crippen molar-refractivity contribution in [3.63, 3.8) is 0 Å². The van der Waals surface area contributed by atoms with Gasteiger partial charge in [0, 0.05) is 44.1 Å². The largest absolute Gasteiger partial charge is 0.441 e. The van der Waals surface area contributed by atoms with Gasteiger partial charge in [-0.1, -0.05) is 18.2 Å². The monoisotopic (exact) mass is 349 g/mol. The van der Waals surface area contributed by atoms with Crippen LogP contribution in [0.2, 0.25) is 0 Å². The van der Waals surface area contributed by atoms with Crippen molar-refractivity contribution < 1.29 is 9.21 Å². The zero-order valence-corrected chi connectivity index (χ0v) is 14.5. The van der Waals surface area contributed by atoms with Gasteiger partial charge in [-0.3, -0.25) is 9.78 Å². The van der Waals surface area contributed by atoms with Crippen LogP contribution in [0.15, 0.2) is 53.3 Å². The van der Waals surface area contributed by atoms with E-state index in [0.717, 1.165) is 11.4 Å². The van der Waals surface area contributed by atoms with Crippen LogP contribution >= 0.6 is 0 Å². The highest BCUT2D eigenvalue weighted by atomic mass is 16.4. The van der Waals surface area contributed by atoms with Crippen LogP contribution < -0.4 is 4.90 Å². The van der Waals surface area contributed by atoms with Crippen LogP contribution in [0.3, 0.4) is 0 Å². The number of aromatic nitrogens is 3. The van der Waals surface area contributed by atoms with Crippen molar-refractivity contribution in [2.75, 3.05) is 31.1 Å². The first-order valence-electron chi connectivity index (χ1n) is 8.55. The van der Waals surface area contributed by atoms with Crippen molar-refractivity contribution in [3.05, 3.63) is 60.4 Å². The lowest BCUT2D eigenvalue weighted by Crippen LogP contribution is -2.49. The average Bonchev–Trinajstić information content (AvgIpc) is 3.10. The number of carbonyl (C=O) groups is 1. The minimum atomic E-state index is -0.0905. The lowest BCUT2D eigenvalue weighted by Gasteiger charge is -2.34. The van der Waals surface area contributed by atoms with Gasteiger partial charge in [-0.05, 0) is 19.1 Å². The molecule has 2 aromatic heterocycles. The molecule has 1 aliphatic rings. The summed E-state index contributed by atoms with van der Waals surface area (Å²) >= 11 is 0. The van der Waals surface area contributed by atoms with Crippen LogP contribution in [0.4, 0.5) is 5.82 Å². The molecule has 0 unspecified atom stereocenters. The van der Waals surface area contributed by atoms with Gasteiger partial charge in [0.05, 0.1) is 6.20 Å². The SMILES string of the molecule is Cc1oc(-c2ccccc2)nc1C(=O)N1CCN(c2cnccn2)CC1. The summed E-state index contributed by atoms with van der Waals surface area (Å²) in [5.41, 5.74) is 1.25. The van der Waals surface area contributed by atoms with E-state index < -0.39 is 0 Å². The molecular weight excluding hydrogens is 330 g/mol. The van der Waals surface area contributed by atoms with Gasteiger partial charge in [0.15, 0.2) is 5.69 Å². The zero-order valence-electron chi connectivity index (χ0n) is 14.5. The third kappa shape index (κ3) is 3.15. The maximum Gasteiger partial charge on any atom is 0.276 e. The second-order valence-corrected chi connectivity index (χ2v) is 6.13. The second kappa shape index (κ2) is 6.95. The molecule has 1 amide bonds. The Morgan fingerprint density at radius 2 is 1.85 bits per heavy atom. The van der Waals surface area contributed by atoms with Gasteiger partial charge in [0.2, 0.25) is 5.89 Å². The van der Waals surface area contributed by atoms with Gasteiger partial charge in [0.25, 0.3) is 5.91 Å². The van der Waals surface area contributed by atoms with Gasteiger partial charge in [0.1, 0.15) is 11.6 Å². The molecule has 1 fully saturated rings. The van der Waals surface area contributed by atoms with Crippen LogP contribution in [0.25, 0.3) is 11.5 Å². The highest BCUT2D eigenvalue weighted by molar-refractivity contribution is 5.94. The van der Waals surface area contributed by atoms with Crippen molar-refractivity contribution in [3.8, 4) is 11.5 Å². The van der Waals surface area contributed by atoms with Gasteiger partial charge in [-0.15, -0.1) is 0 Å². The van der Waals surface area contributed by atoms with Crippen LogP contribution in [-0.4, -0.2) is 51.9 Å². The highest BCUT2D eigenvalue weighted by Crippen LogP contribution is 2.23. The van der Waals surface area contributed by atoms with E-state index in [9.17, 15) is 4.79 Å². The molecule has 0 aliphatic carbocycles. The molecule has 1 saturated heterocycles. The Morgan fingerprint density at radius 3 is 2.54 bits per heavy atom. The minimum Gasteiger partial charge on any atom is -0.441 e. The maximum absolute atomic E-state index is 12.9. The van der Waals surface area contributed by atoms with E-state index in [4.69, 9.17) is 4.42 Å². The molecule has 1 aliphatic heterocycles. The van der Waals surface area contributed by atoms with Gasteiger partial charge >= 0.3 is 0 Å². The predicted molar refractivity (Wildman–Crippen MR) is 96.8 cm³/mol. The summed E-state index contributed by atoms with van der Waals surface area (Å²) in [6, 6.07) is 9.60. The summed E-state index contributed by atoms with van der Waals surface area (Å²) in [4.78, 5) is 29.7. The number of piperazine rings is 1. The number of rotatable bonds is 3. The van der Waals surface area contributed by atoms with E-state index in [0.29, 0.717) is 43.5 Å². The number of hydrogen-bond acceptors (Lipinski definition) is 6. The number of amides is 1.